The molecule has 3 rings (SSSR count). The van der Waals surface area contributed by atoms with Crippen molar-refractivity contribution in [3.8, 4) is 0 Å². The summed E-state index contributed by atoms with van der Waals surface area (Å²) < 4.78 is 64.3. The van der Waals surface area contributed by atoms with E-state index in [4.69, 9.17) is 9.47 Å². The number of aliphatic hydroxyl groups is 1. The number of halogens is 4. The third-order valence-corrected chi connectivity index (χ3v) is 4.68. The molecule has 4 nitrogen and oxygen atoms in total. The molecule has 2 aromatic carbocycles. The van der Waals surface area contributed by atoms with Gasteiger partial charge in [0.15, 0.2) is 6.29 Å². The Bertz CT molecular complexity index is 785. The molecule has 1 fully saturated rings. The lowest BCUT2D eigenvalue weighted by molar-refractivity contribution is -0.233. The van der Waals surface area contributed by atoms with E-state index in [2.05, 4.69) is 0 Å². The minimum Gasteiger partial charge on any atom is -0.393 e. The van der Waals surface area contributed by atoms with Crippen molar-refractivity contribution in [1.82, 2.24) is 4.90 Å². The van der Waals surface area contributed by atoms with E-state index >= 15 is 0 Å². The molecule has 1 N–H and O–H groups in total. The maximum absolute atomic E-state index is 13.8. The lowest BCUT2D eigenvalue weighted by Crippen LogP contribution is -2.45. The highest BCUT2D eigenvalue weighted by molar-refractivity contribution is 5.29. The molecular weight excluding hydrogens is 378 g/mol. The van der Waals surface area contributed by atoms with Crippen LogP contribution in [0.5, 0.6) is 0 Å². The van der Waals surface area contributed by atoms with Crippen molar-refractivity contribution in [1.29, 1.82) is 0 Å². The Morgan fingerprint density at radius 1 is 1.21 bits per heavy atom. The van der Waals surface area contributed by atoms with Crippen LogP contribution < -0.4 is 0 Å². The van der Waals surface area contributed by atoms with Crippen molar-refractivity contribution >= 4 is 0 Å². The van der Waals surface area contributed by atoms with Gasteiger partial charge < -0.3 is 14.6 Å². The molecule has 0 amide bonds. The molecule has 2 aromatic rings. The van der Waals surface area contributed by atoms with Crippen molar-refractivity contribution in [3.05, 3.63) is 71.0 Å². The quantitative estimate of drug-likeness (QED) is 0.774. The number of benzene rings is 2. The van der Waals surface area contributed by atoms with Crippen molar-refractivity contribution in [2.45, 2.75) is 24.6 Å². The third kappa shape index (κ3) is 4.70. The van der Waals surface area contributed by atoms with Gasteiger partial charge in [0.25, 0.3) is 0 Å². The standard InChI is InChI=1S/C20H21F4NO3/c1-25-7-8-27-19(18(25)13-5-3-2-4-6-13)28-17(12-26)14-9-15(20(22,23)24)11-16(21)10-14/h2-6,9-11,17-19,26H,7-8,12H2,1H3/t17-,18+,19-/m1/s1. The number of morpholine rings is 1. The molecule has 0 aliphatic carbocycles. The summed E-state index contributed by atoms with van der Waals surface area (Å²) in [5.74, 6) is -1.05. The molecule has 28 heavy (non-hydrogen) atoms. The van der Waals surface area contributed by atoms with E-state index < -0.39 is 36.6 Å². The van der Waals surface area contributed by atoms with Gasteiger partial charge in [-0.05, 0) is 36.4 Å². The molecule has 3 atom stereocenters. The van der Waals surface area contributed by atoms with Gasteiger partial charge in [-0.3, -0.25) is 4.90 Å². The highest BCUT2D eigenvalue weighted by Gasteiger charge is 2.36. The van der Waals surface area contributed by atoms with E-state index in [-0.39, 0.29) is 11.6 Å². The normalized spacial score (nSPS) is 22.2. The number of rotatable bonds is 5. The Morgan fingerprint density at radius 2 is 1.93 bits per heavy atom. The molecule has 1 aliphatic rings. The van der Waals surface area contributed by atoms with Crippen LogP contribution in [0.1, 0.15) is 28.8 Å². The SMILES string of the molecule is CN1CCO[C@H](O[C@H](CO)c2cc(F)cc(C(F)(F)F)c2)[C@@H]1c1ccccc1. The molecule has 0 saturated carbocycles. The van der Waals surface area contributed by atoms with Crippen molar-refractivity contribution in [2.24, 2.45) is 0 Å². The molecular formula is C20H21F4NO3. The average molecular weight is 399 g/mol. The fraction of sp³-hybridized carbons (Fsp3) is 0.400. The largest absolute Gasteiger partial charge is 0.416 e. The summed E-state index contributed by atoms with van der Waals surface area (Å²) in [6, 6.07) is 11.2. The van der Waals surface area contributed by atoms with E-state index in [1.54, 1.807) is 0 Å². The van der Waals surface area contributed by atoms with Gasteiger partial charge in [0.2, 0.25) is 0 Å². The first kappa shape index (κ1) is 20.7. The Hall–Kier alpha value is -2.00. The van der Waals surface area contributed by atoms with Gasteiger partial charge in [0, 0.05) is 6.54 Å². The second-order valence-corrected chi connectivity index (χ2v) is 6.65. The Morgan fingerprint density at radius 3 is 2.57 bits per heavy atom. The van der Waals surface area contributed by atoms with Gasteiger partial charge in [-0.1, -0.05) is 30.3 Å². The Kier molecular flexibility index (Phi) is 6.34. The number of ether oxygens (including phenoxy) is 2. The third-order valence-electron chi connectivity index (χ3n) is 4.68. The van der Waals surface area contributed by atoms with Crippen LogP contribution >= 0.6 is 0 Å². The molecule has 1 aliphatic heterocycles. The minimum atomic E-state index is -4.70. The maximum Gasteiger partial charge on any atom is 0.416 e. The van der Waals surface area contributed by atoms with Crippen LogP contribution in [0.2, 0.25) is 0 Å². The zero-order valence-corrected chi connectivity index (χ0v) is 15.2. The number of alkyl halides is 3. The lowest BCUT2D eigenvalue weighted by Gasteiger charge is -2.40. The molecule has 1 saturated heterocycles. The van der Waals surface area contributed by atoms with E-state index in [0.717, 1.165) is 17.7 Å². The highest BCUT2D eigenvalue weighted by atomic mass is 19.4. The summed E-state index contributed by atoms with van der Waals surface area (Å²) in [7, 11) is 1.88. The van der Waals surface area contributed by atoms with Gasteiger partial charge in [-0.15, -0.1) is 0 Å². The topological polar surface area (TPSA) is 41.9 Å². The zero-order chi connectivity index (χ0) is 20.3. The number of hydrogen-bond acceptors (Lipinski definition) is 4. The van der Waals surface area contributed by atoms with Crippen LogP contribution in [-0.4, -0.2) is 43.1 Å². The summed E-state index contributed by atoms with van der Waals surface area (Å²) in [6.45, 7) is 0.382. The molecule has 1 heterocycles. The molecule has 0 unspecified atom stereocenters. The number of nitrogens with zero attached hydrogens (tertiary/aromatic N) is 1. The monoisotopic (exact) mass is 399 g/mol. The van der Waals surface area contributed by atoms with Crippen molar-refractivity contribution in [3.63, 3.8) is 0 Å². The molecule has 0 aromatic heterocycles. The smallest absolute Gasteiger partial charge is 0.393 e. The predicted molar refractivity (Wildman–Crippen MR) is 93.9 cm³/mol. The molecule has 8 heteroatoms. The first-order valence-corrected chi connectivity index (χ1v) is 8.80. The van der Waals surface area contributed by atoms with Crippen LogP contribution in [0, 0.1) is 5.82 Å². The first-order valence-electron chi connectivity index (χ1n) is 8.80. The van der Waals surface area contributed by atoms with Gasteiger partial charge >= 0.3 is 6.18 Å². The summed E-state index contributed by atoms with van der Waals surface area (Å²) >= 11 is 0. The fourth-order valence-corrected chi connectivity index (χ4v) is 3.28. The van der Waals surface area contributed by atoms with E-state index in [0.29, 0.717) is 19.2 Å². The van der Waals surface area contributed by atoms with E-state index in [1.807, 2.05) is 42.3 Å². The van der Waals surface area contributed by atoms with Crippen LogP contribution in [-0.2, 0) is 15.7 Å². The lowest BCUT2D eigenvalue weighted by atomic mass is 10.0. The van der Waals surface area contributed by atoms with E-state index in [9.17, 15) is 22.7 Å². The Balaban J connectivity index is 1.88. The van der Waals surface area contributed by atoms with Crippen LogP contribution in [0.4, 0.5) is 17.6 Å². The Labute approximate surface area is 160 Å². The summed E-state index contributed by atoms with van der Waals surface area (Å²) in [5.41, 5.74) is -0.328. The van der Waals surface area contributed by atoms with Crippen molar-refractivity contribution < 1.29 is 32.1 Å². The second-order valence-electron chi connectivity index (χ2n) is 6.65. The molecule has 0 bridgehead atoms. The fourth-order valence-electron chi connectivity index (χ4n) is 3.28. The van der Waals surface area contributed by atoms with Crippen LogP contribution in [0.15, 0.2) is 48.5 Å². The predicted octanol–water partition coefficient (Wildman–Crippen LogP) is 3.92. The van der Waals surface area contributed by atoms with Gasteiger partial charge in [0.05, 0.1) is 24.8 Å². The first-order chi connectivity index (χ1) is 13.3. The summed E-state index contributed by atoms with van der Waals surface area (Å²) in [4.78, 5) is 2.00. The zero-order valence-electron chi connectivity index (χ0n) is 15.2. The highest BCUT2D eigenvalue weighted by Crippen LogP contribution is 2.35. The van der Waals surface area contributed by atoms with Crippen LogP contribution in [0.25, 0.3) is 0 Å². The van der Waals surface area contributed by atoms with Crippen LogP contribution in [0.3, 0.4) is 0 Å². The number of aliphatic hydroxyl groups excluding tert-OH is 1. The second kappa shape index (κ2) is 8.57. The molecule has 0 radical (unpaired) electrons. The summed E-state index contributed by atoms with van der Waals surface area (Å²) in [6.07, 6.45) is -6.71. The molecule has 152 valence electrons. The molecule has 0 spiro atoms. The van der Waals surface area contributed by atoms with Gasteiger partial charge in [-0.25, -0.2) is 4.39 Å². The number of hydrogen-bond donors (Lipinski definition) is 1. The average Bonchev–Trinajstić information content (AvgIpc) is 2.65. The van der Waals surface area contributed by atoms with Gasteiger partial charge in [0.1, 0.15) is 11.9 Å². The van der Waals surface area contributed by atoms with E-state index in [1.165, 1.54) is 0 Å². The number of likely N-dealkylation sites (N-methyl/N-ethyl adjacent to an activating group) is 1. The minimum absolute atomic E-state index is 0.0986. The maximum atomic E-state index is 13.8. The summed E-state index contributed by atoms with van der Waals surface area (Å²) in [5, 5.41) is 9.72. The van der Waals surface area contributed by atoms with Gasteiger partial charge in [-0.2, -0.15) is 13.2 Å². The van der Waals surface area contributed by atoms with Crippen molar-refractivity contribution in [2.75, 3.05) is 26.8 Å².